The molecule has 0 unspecified atom stereocenters. The number of fused-ring (bicyclic) bond motifs is 6. The van der Waals surface area contributed by atoms with Crippen LogP contribution in [0.3, 0.4) is 0 Å². The van der Waals surface area contributed by atoms with Crippen molar-refractivity contribution >= 4 is 61.8 Å². The molecule has 578 valence electrons. The molecule has 4 aliphatic heterocycles. The average Bonchev–Trinajstić information content (AvgIpc) is 0.906. The first-order valence-corrected chi connectivity index (χ1v) is 38.5. The van der Waals surface area contributed by atoms with E-state index in [1.165, 1.54) is 16.7 Å². The third kappa shape index (κ3) is 16.7. The fraction of sp³-hybridized carbons (Fsp3) is 0.307. The molecule has 4 aliphatic rings. The van der Waals surface area contributed by atoms with Crippen LogP contribution in [0.5, 0.6) is 11.5 Å². The van der Waals surface area contributed by atoms with Crippen LogP contribution in [0.1, 0.15) is 73.4 Å². The molecule has 18 rings (SSSR count). The van der Waals surface area contributed by atoms with E-state index in [-0.39, 0.29) is 22.2 Å². The molecule has 25 nitrogen and oxygen atoms in total. The van der Waals surface area contributed by atoms with Crippen molar-refractivity contribution in [2.24, 2.45) is 7.05 Å². The average molecular weight is 1510 g/mol. The number of likely N-dealkylation sites (tertiary alicyclic amines) is 1. The van der Waals surface area contributed by atoms with Gasteiger partial charge in [-0.15, -0.1) is 0 Å². The Balaban J connectivity index is 0.000000119. The second kappa shape index (κ2) is 33.0. The minimum Gasteiger partial charge on any atom is -0.493 e. The highest BCUT2D eigenvalue weighted by Gasteiger charge is 2.23. The van der Waals surface area contributed by atoms with Crippen molar-refractivity contribution in [3.8, 4) is 56.5 Å². The highest BCUT2D eigenvalue weighted by atomic mass is 16.5. The third-order valence-electron chi connectivity index (χ3n) is 21.8. The summed E-state index contributed by atoms with van der Waals surface area (Å²) in [4.78, 5) is 90.4. The summed E-state index contributed by atoms with van der Waals surface area (Å²) in [6, 6.07) is 40.4. The first-order chi connectivity index (χ1) is 54.7. The van der Waals surface area contributed by atoms with Gasteiger partial charge in [-0.3, -0.25) is 41.5 Å². The second-order valence-electron chi connectivity index (χ2n) is 30.0. The fourth-order valence-electron chi connectivity index (χ4n) is 15.2. The smallest absolute Gasteiger partial charge is 0.258 e. The summed E-state index contributed by atoms with van der Waals surface area (Å²) in [6.45, 7) is 15.2. The molecule has 0 bridgehead atoms. The summed E-state index contributed by atoms with van der Waals surface area (Å²) >= 11 is 0. The quantitative estimate of drug-likeness (QED) is 0.120. The molecule has 113 heavy (non-hydrogen) atoms. The minimum absolute atomic E-state index is 0.0447. The number of hydrogen-bond acceptors (Lipinski definition) is 19. The van der Waals surface area contributed by atoms with E-state index in [4.69, 9.17) is 24.4 Å². The minimum atomic E-state index is -0.0930. The van der Waals surface area contributed by atoms with Crippen molar-refractivity contribution in [3.63, 3.8) is 0 Å². The summed E-state index contributed by atoms with van der Waals surface area (Å²) < 4.78 is 21.1. The lowest BCUT2D eigenvalue weighted by molar-refractivity contribution is 0.255. The predicted molar refractivity (Wildman–Crippen MR) is 449 cm³/mol. The number of pyridine rings is 6. The zero-order valence-electron chi connectivity index (χ0n) is 66.0. The van der Waals surface area contributed by atoms with E-state index < -0.39 is 0 Å². The van der Waals surface area contributed by atoms with E-state index in [1.807, 2.05) is 164 Å². The molecule has 1 atom stereocenters. The molecule has 16 heterocycles. The number of likely N-dealkylation sites (N-methyl/N-ethyl adjacent to an activating group) is 2. The maximum atomic E-state index is 13.1. The largest absolute Gasteiger partial charge is 0.493 e. The van der Waals surface area contributed by atoms with E-state index >= 15 is 0 Å². The Morgan fingerprint density at radius 3 is 1.66 bits per heavy atom. The van der Waals surface area contributed by atoms with E-state index in [2.05, 4.69) is 116 Å². The maximum Gasteiger partial charge on any atom is 0.258 e. The summed E-state index contributed by atoms with van der Waals surface area (Å²) in [5, 5.41) is 8.77. The van der Waals surface area contributed by atoms with Gasteiger partial charge in [0.1, 0.15) is 34.1 Å². The molecule has 0 radical (unpaired) electrons. The van der Waals surface area contributed by atoms with Crippen LogP contribution in [-0.2, 0) is 13.5 Å². The van der Waals surface area contributed by atoms with Crippen molar-refractivity contribution < 1.29 is 9.47 Å². The van der Waals surface area contributed by atoms with Gasteiger partial charge in [0.05, 0.1) is 60.1 Å². The Hall–Kier alpha value is -12.3. The second-order valence-corrected chi connectivity index (χ2v) is 30.0. The zero-order chi connectivity index (χ0) is 78.7. The summed E-state index contributed by atoms with van der Waals surface area (Å²) in [6.07, 6.45) is 24.7. The van der Waals surface area contributed by atoms with E-state index in [0.717, 1.165) is 164 Å². The molecule has 2 fully saturated rings. The van der Waals surface area contributed by atoms with Gasteiger partial charge in [-0.1, -0.05) is 31.2 Å². The number of rotatable bonds is 12. The maximum absolute atomic E-state index is 13.1. The molecule has 0 spiro atoms. The number of methoxy groups -OCH3 is 2. The van der Waals surface area contributed by atoms with E-state index in [1.54, 1.807) is 62.3 Å². The molecule has 12 aromatic heterocycles. The zero-order valence-corrected chi connectivity index (χ0v) is 66.0. The van der Waals surface area contributed by atoms with E-state index in [9.17, 15) is 19.2 Å². The number of aromatic nitrogens is 13. The summed E-state index contributed by atoms with van der Waals surface area (Å²) in [5.74, 6) is 2.63. The SMILES string of the molecule is CCc1cc(N2CCN[C@H](C)C2)cn2c(=O)cc(-c3ccc(OC)c(OC)c3)nc12.CN1CC=C(c2ccc3nc(-c4ccc(N(C)C)nc4)cc(=O)n3c2)CC1.CN1CC=C(c2ccc3nc(-c4ccc5c(cnn5C)c4)cc(=O)n3c2)CC1.Cc1cn2cc(-c3cc(=O)n4cc(C5CCN(C)CC5)ccc4n3)ccc2n1. The number of aryl methyl sites for hydroxylation is 3. The number of imidazole rings is 1. The third-order valence-corrected chi connectivity index (χ3v) is 21.8. The molecule has 0 aliphatic carbocycles. The van der Waals surface area contributed by atoms with Crippen LogP contribution in [0.15, 0.2) is 208 Å². The molecule has 1 N–H and O–H groups in total. The van der Waals surface area contributed by atoms with Gasteiger partial charge >= 0.3 is 0 Å². The number of anilines is 2. The lowest BCUT2D eigenvalue weighted by Gasteiger charge is -2.34. The molecular formula is C88H95N19O6. The van der Waals surface area contributed by atoms with Crippen molar-refractivity contribution in [1.29, 1.82) is 0 Å². The molecule has 2 aromatic carbocycles. The van der Waals surface area contributed by atoms with Crippen LogP contribution in [0.25, 0.3) is 95.3 Å². The van der Waals surface area contributed by atoms with Crippen molar-refractivity contribution in [3.05, 3.63) is 258 Å². The number of nitrogens with one attached hydrogen (secondary N) is 1. The molecular weight excluding hydrogens is 1420 g/mol. The van der Waals surface area contributed by atoms with Crippen LogP contribution in [0.2, 0.25) is 0 Å². The fourth-order valence-corrected chi connectivity index (χ4v) is 15.2. The number of hydrogen-bond donors (Lipinski definition) is 1. The number of piperidine rings is 1. The van der Waals surface area contributed by atoms with Crippen LogP contribution in [0, 0.1) is 6.92 Å². The monoisotopic (exact) mass is 1510 g/mol. The van der Waals surface area contributed by atoms with Gasteiger partial charge in [0.25, 0.3) is 22.2 Å². The lowest BCUT2D eigenvalue weighted by Crippen LogP contribution is -2.49. The van der Waals surface area contributed by atoms with Crippen LogP contribution in [0.4, 0.5) is 11.5 Å². The van der Waals surface area contributed by atoms with Gasteiger partial charge in [-0.05, 0) is 210 Å². The Bertz CT molecular complexity index is 6220. The topological polar surface area (TPSA) is 232 Å². The predicted octanol–water partition coefficient (Wildman–Crippen LogP) is 11.4. The van der Waals surface area contributed by atoms with Crippen LogP contribution >= 0.6 is 0 Å². The normalized spacial score (nSPS) is 15.8. The Morgan fingerprint density at radius 1 is 0.513 bits per heavy atom. The Labute approximate surface area is 654 Å². The highest BCUT2D eigenvalue weighted by Crippen LogP contribution is 2.34. The summed E-state index contributed by atoms with van der Waals surface area (Å²) in [7, 11) is 15.4. The van der Waals surface area contributed by atoms with Gasteiger partial charge < -0.3 is 43.7 Å². The van der Waals surface area contributed by atoms with Gasteiger partial charge in [-0.2, -0.15) is 5.10 Å². The van der Waals surface area contributed by atoms with Crippen molar-refractivity contribution in [2.45, 2.75) is 64.8 Å². The first-order valence-electron chi connectivity index (χ1n) is 38.5. The molecule has 25 heteroatoms. The van der Waals surface area contributed by atoms with Gasteiger partial charge in [0, 0.05) is 168 Å². The van der Waals surface area contributed by atoms with Gasteiger partial charge in [0.2, 0.25) is 0 Å². The summed E-state index contributed by atoms with van der Waals surface area (Å²) in [5.41, 5.74) is 19.5. The molecule has 0 saturated carbocycles. The molecule has 14 aromatic rings. The highest BCUT2D eigenvalue weighted by molar-refractivity contribution is 5.84. The molecule has 2 saturated heterocycles. The lowest BCUT2D eigenvalue weighted by atomic mass is 9.91. The van der Waals surface area contributed by atoms with E-state index in [0.29, 0.717) is 68.8 Å². The Morgan fingerprint density at radius 2 is 1.07 bits per heavy atom. The van der Waals surface area contributed by atoms with Gasteiger partial charge in [0.15, 0.2) is 11.5 Å². The van der Waals surface area contributed by atoms with Crippen LogP contribution in [-0.4, -0.2) is 191 Å². The number of ether oxygens (including phenoxy) is 2. The first kappa shape index (κ1) is 76.1. The van der Waals surface area contributed by atoms with Crippen LogP contribution < -0.4 is 46.8 Å². The Kier molecular flexibility index (Phi) is 22.2. The van der Waals surface area contributed by atoms with Gasteiger partial charge in [-0.25, -0.2) is 29.9 Å². The number of piperazine rings is 1. The number of nitrogens with zero attached hydrogens (tertiary/aromatic N) is 18. The number of benzene rings is 2. The standard InChI is InChI=1S/C23H28N4O3.C22H23N5O.C22H21N5O.C21H23N5O/c1-5-16-10-18(26-9-8-24-15(2)13-26)14-27-22(28)12-19(25-23(16)27)17-6-7-20(29-3)21(11-17)30-4;1-15-12-26-13-18(4-5-20(26)23-15)19-11-22(28)27-14-17(3-6-21(27)24-19)16-7-9-25(2)10-8-16;1-25-9-7-15(8-10-25)17-4-6-21-24-19(12-22(28)27(21)14-17)16-3-5-20-18(11-16)13-23-26(20)2;1-24(2)19-6-4-16(13-22-19)18-12-21(27)26-14-17(5-7-20(26)23-18)15-8-10-25(3)11-9-15/h6-7,10-12,14-15,24H,5,8-9,13H2,1-4H3;3-6,11-14,16H,7-10H2,1-2H3;3-7,11-14H,8-10H2,1-2H3;4-8,12-14H,9-11H2,1-3H3/t15-;;;/m1.../s1. The van der Waals surface area contributed by atoms with Crippen molar-refractivity contribution in [2.75, 3.05) is 118 Å². The van der Waals surface area contributed by atoms with Crippen molar-refractivity contribution in [1.82, 2.24) is 81.7 Å². The molecule has 0 amide bonds.